The Morgan fingerprint density at radius 1 is 1.73 bits per heavy atom. The van der Waals surface area contributed by atoms with E-state index in [2.05, 4.69) is 4.98 Å². The SMILES string of the molecule is CCn1ccnc1CC1(F)CCC(N)C1. The van der Waals surface area contributed by atoms with Crippen molar-refractivity contribution in [2.24, 2.45) is 5.73 Å². The van der Waals surface area contributed by atoms with Crippen LogP contribution in [0.5, 0.6) is 0 Å². The lowest BCUT2D eigenvalue weighted by molar-refractivity contribution is 0.166. The molecule has 2 N–H and O–H groups in total. The highest BCUT2D eigenvalue weighted by molar-refractivity contribution is 5.02. The van der Waals surface area contributed by atoms with Crippen molar-refractivity contribution in [3.63, 3.8) is 0 Å². The van der Waals surface area contributed by atoms with Crippen molar-refractivity contribution in [1.82, 2.24) is 9.55 Å². The van der Waals surface area contributed by atoms with Crippen LogP contribution in [0.2, 0.25) is 0 Å². The Bertz CT molecular complexity index is 336. The van der Waals surface area contributed by atoms with Crippen molar-refractivity contribution in [1.29, 1.82) is 0 Å². The van der Waals surface area contributed by atoms with Gasteiger partial charge in [0.15, 0.2) is 0 Å². The lowest BCUT2D eigenvalue weighted by Crippen LogP contribution is -2.27. The van der Waals surface area contributed by atoms with Crippen LogP contribution in [0.25, 0.3) is 0 Å². The molecule has 0 saturated heterocycles. The van der Waals surface area contributed by atoms with Gasteiger partial charge < -0.3 is 10.3 Å². The van der Waals surface area contributed by atoms with E-state index in [9.17, 15) is 4.39 Å². The second-order valence-electron chi connectivity index (χ2n) is 4.46. The highest BCUT2D eigenvalue weighted by atomic mass is 19.1. The molecule has 4 heteroatoms. The zero-order chi connectivity index (χ0) is 10.9. The molecule has 0 spiro atoms. The van der Waals surface area contributed by atoms with E-state index < -0.39 is 5.67 Å². The maximum absolute atomic E-state index is 14.3. The van der Waals surface area contributed by atoms with Crippen LogP contribution in [0.15, 0.2) is 12.4 Å². The summed E-state index contributed by atoms with van der Waals surface area (Å²) >= 11 is 0. The molecular formula is C11H18FN3. The molecule has 2 unspecified atom stereocenters. The van der Waals surface area contributed by atoms with Crippen LogP contribution < -0.4 is 5.73 Å². The molecule has 1 heterocycles. The Hall–Kier alpha value is -0.900. The van der Waals surface area contributed by atoms with Gasteiger partial charge in [0, 0.05) is 31.4 Å². The number of aryl methyl sites for hydroxylation is 1. The molecule has 0 amide bonds. The first kappa shape index (κ1) is 10.6. The second kappa shape index (κ2) is 3.93. The van der Waals surface area contributed by atoms with E-state index in [1.54, 1.807) is 6.20 Å². The summed E-state index contributed by atoms with van der Waals surface area (Å²) in [7, 11) is 0. The van der Waals surface area contributed by atoms with Crippen molar-refractivity contribution in [3.05, 3.63) is 18.2 Å². The third kappa shape index (κ3) is 2.20. The summed E-state index contributed by atoms with van der Waals surface area (Å²) in [4.78, 5) is 4.20. The lowest BCUT2D eigenvalue weighted by Gasteiger charge is -2.19. The van der Waals surface area contributed by atoms with E-state index in [0.29, 0.717) is 19.3 Å². The monoisotopic (exact) mass is 211 g/mol. The Kier molecular flexibility index (Phi) is 2.78. The van der Waals surface area contributed by atoms with Gasteiger partial charge in [0.2, 0.25) is 0 Å². The fourth-order valence-corrected chi connectivity index (χ4v) is 2.36. The quantitative estimate of drug-likeness (QED) is 0.826. The van der Waals surface area contributed by atoms with Crippen molar-refractivity contribution in [2.45, 2.75) is 50.9 Å². The second-order valence-corrected chi connectivity index (χ2v) is 4.46. The van der Waals surface area contributed by atoms with Crippen molar-refractivity contribution >= 4 is 0 Å². The van der Waals surface area contributed by atoms with Gasteiger partial charge in [-0.15, -0.1) is 0 Å². The molecule has 1 aromatic heterocycles. The van der Waals surface area contributed by atoms with Gasteiger partial charge >= 0.3 is 0 Å². The van der Waals surface area contributed by atoms with Crippen LogP contribution in [0, 0.1) is 0 Å². The minimum absolute atomic E-state index is 0.0278. The first-order chi connectivity index (χ1) is 7.13. The van der Waals surface area contributed by atoms with E-state index >= 15 is 0 Å². The van der Waals surface area contributed by atoms with E-state index in [1.807, 2.05) is 17.7 Å². The molecule has 1 fully saturated rings. The average Bonchev–Trinajstić information content (AvgIpc) is 2.74. The van der Waals surface area contributed by atoms with E-state index in [1.165, 1.54) is 0 Å². The largest absolute Gasteiger partial charge is 0.335 e. The zero-order valence-corrected chi connectivity index (χ0v) is 9.12. The third-order valence-corrected chi connectivity index (χ3v) is 3.21. The number of hydrogen-bond donors (Lipinski definition) is 1. The van der Waals surface area contributed by atoms with Crippen LogP contribution in [0.3, 0.4) is 0 Å². The Morgan fingerprint density at radius 2 is 2.53 bits per heavy atom. The predicted molar refractivity (Wildman–Crippen MR) is 57.3 cm³/mol. The highest BCUT2D eigenvalue weighted by Crippen LogP contribution is 2.35. The van der Waals surface area contributed by atoms with Crippen LogP contribution >= 0.6 is 0 Å². The molecule has 15 heavy (non-hydrogen) atoms. The molecule has 0 bridgehead atoms. The molecule has 2 rings (SSSR count). The van der Waals surface area contributed by atoms with Crippen LogP contribution in [-0.2, 0) is 13.0 Å². The molecule has 0 aliphatic heterocycles. The highest BCUT2D eigenvalue weighted by Gasteiger charge is 2.38. The summed E-state index contributed by atoms with van der Waals surface area (Å²) in [5.41, 5.74) is 4.62. The lowest BCUT2D eigenvalue weighted by atomic mass is 9.99. The van der Waals surface area contributed by atoms with E-state index in [-0.39, 0.29) is 6.04 Å². The molecule has 3 nitrogen and oxygen atoms in total. The Labute approximate surface area is 89.5 Å². The summed E-state index contributed by atoms with van der Waals surface area (Å²) in [6.45, 7) is 2.88. The number of alkyl halides is 1. The minimum atomic E-state index is -1.13. The first-order valence-corrected chi connectivity index (χ1v) is 5.57. The first-order valence-electron chi connectivity index (χ1n) is 5.57. The Balaban J connectivity index is 2.08. The van der Waals surface area contributed by atoms with Gasteiger partial charge in [-0.3, -0.25) is 0 Å². The van der Waals surface area contributed by atoms with Crippen LogP contribution in [-0.4, -0.2) is 21.3 Å². The predicted octanol–water partition coefficient (Wildman–Crippen LogP) is 1.67. The van der Waals surface area contributed by atoms with Gasteiger partial charge in [-0.1, -0.05) is 0 Å². The average molecular weight is 211 g/mol. The number of rotatable bonds is 3. The molecule has 1 aliphatic rings. The number of imidazole rings is 1. The normalized spacial score (nSPS) is 31.0. The number of aromatic nitrogens is 2. The van der Waals surface area contributed by atoms with E-state index in [4.69, 9.17) is 5.73 Å². The molecule has 2 atom stereocenters. The summed E-state index contributed by atoms with van der Waals surface area (Å²) in [6.07, 6.45) is 5.88. The van der Waals surface area contributed by atoms with Gasteiger partial charge in [-0.2, -0.15) is 0 Å². The number of hydrogen-bond acceptors (Lipinski definition) is 2. The van der Waals surface area contributed by atoms with Gasteiger partial charge in [-0.05, 0) is 26.2 Å². The van der Waals surface area contributed by atoms with Crippen LogP contribution in [0.4, 0.5) is 4.39 Å². The zero-order valence-electron chi connectivity index (χ0n) is 9.12. The fourth-order valence-electron chi connectivity index (χ4n) is 2.36. The molecule has 1 aromatic rings. The Morgan fingerprint density at radius 3 is 3.13 bits per heavy atom. The van der Waals surface area contributed by atoms with Gasteiger partial charge in [0.1, 0.15) is 11.5 Å². The number of nitrogens with zero attached hydrogens (tertiary/aromatic N) is 2. The molecule has 0 aromatic carbocycles. The summed E-state index contributed by atoms with van der Waals surface area (Å²) < 4.78 is 16.3. The standard InChI is InChI=1S/C11H18FN3/c1-2-15-6-5-14-10(15)8-11(12)4-3-9(13)7-11/h5-6,9H,2-4,7-8,13H2,1H3. The summed E-state index contributed by atoms with van der Waals surface area (Å²) in [6, 6.07) is 0.0278. The molecule has 84 valence electrons. The third-order valence-electron chi connectivity index (χ3n) is 3.21. The van der Waals surface area contributed by atoms with Crippen molar-refractivity contribution in [3.8, 4) is 0 Å². The maximum Gasteiger partial charge on any atom is 0.119 e. The van der Waals surface area contributed by atoms with Crippen molar-refractivity contribution < 1.29 is 4.39 Å². The van der Waals surface area contributed by atoms with Gasteiger partial charge in [-0.25, -0.2) is 9.37 Å². The summed E-state index contributed by atoms with van der Waals surface area (Å²) in [5.74, 6) is 0.842. The smallest absolute Gasteiger partial charge is 0.119 e. The summed E-state index contributed by atoms with van der Waals surface area (Å²) in [5, 5.41) is 0. The molecule has 1 aliphatic carbocycles. The minimum Gasteiger partial charge on any atom is -0.335 e. The van der Waals surface area contributed by atoms with Crippen molar-refractivity contribution in [2.75, 3.05) is 0 Å². The van der Waals surface area contributed by atoms with Gasteiger partial charge in [0.25, 0.3) is 0 Å². The fraction of sp³-hybridized carbons (Fsp3) is 0.727. The number of halogens is 1. The molecular weight excluding hydrogens is 193 g/mol. The van der Waals surface area contributed by atoms with Gasteiger partial charge in [0.05, 0.1) is 0 Å². The van der Waals surface area contributed by atoms with Crippen LogP contribution in [0.1, 0.15) is 32.0 Å². The van der Waals surface area contributed by atoms with E-state index in [0.717, 1.165) is 18.8 Å². The number of nitrogens with two attached hydrogens (primary N) is 1. The molecule has 1 saturated carbocycles. The topological polar surface area (TPSA) is 43.8 Å². The maximum atomic E-state index is 14.3. The molecule has 0 radical (unpaired) electrons.